The molecule has 0 fully saturated rings. The number of hydrogen-bond donors (Lipinski definition) is 1. The minimum absolute atomic E-state index is 0.0502. The molecule has 3 aromatic rings. The van der Waals surface area contributed by atoms with E-state index >= 15 is 0 Å². The second kappa shape index (κ2) is 8.83. The van der Waals surface area contributed by atoms with Crippen molar-refractivity contribution in [3.8, 4) is 0 Å². The van der Waals surface area contributed by atoms with Gasteiger partial charge in [-0.2, -0.15) is 11.3 Å². The summed E-state index contributed by atoms with van der Waals surface area (Å²) in [5.74, 6) is -0.976. The van der Waals surface area contributed by atoms with Crippen molar-refractivity contribution < 1.29 is 14.4 Å². The van der Waals surface area contributed by atoms with E-state index in [4.69, 9.17) is 0 Å². The quantitative estimate of drug-likeness (QED) is 0.579. The van der Waals surface area contributed by atoms with E-state index in [1.165, 1.54) is 11.0 Å². The number of benzene rings is 2. The van der Waals surface area contributed by atoms with Gasteiger partial charge in [-0.1, -0.05) is 30.3 Å². The second-order valence-corrected chi connectivity index (χ2v) is 8.47. The molecule has 6 nitrogen and oxygen atoms in total. The van der Waals surface area contributed by atoms with Crippen molar-refractivity contribution >= 4 is 29.1 Å². The summed E-state index contributed by atoms with van der Waals surface area (Å²) in [6, 6.07) is 16.1. The van der Waals surface area contributed by atoms with E-state index in [2.05, 4.69) is 15.6 Å². The minimum atomic E-state index is -0.372. The van der Waals surface area contributed by atoms with Crippen molar-refractivity contribution in [2.24, 2.45) is 0 Å². The summed E-state index contributed by atoms with van der Waals surface area (Å²) in [5.41, 5.74) is 2.99. The fourth-order valence-electron chi connectivity index (χ4n) is 3.70. The third-order valence-corrected chi connectivity index (χ3v) is 6.13. The summed E-state index contributed by atoms with van der Waals surface area (Å²) >= 11 is 1.62. The molecule has 1 atom stereocenters. The lowest BCUT2D eigenvalue weighted by molar-refractivity contribution is 0.0642. The first kappa shape index (κ1) is 21.0. The molecule has 4 rings (SSSR count). The first-order valence-electron chi connectivity index (χ1n) is 9.96. The molecule has 1 aliphatic heterocycles. The molecule has 0 bridgehead atoms. The van der Waals surface area contributed by atoms with Crippen LogP contribution >= 0.6 is 11.3 Å². The van der Waals surface area contributed by atoms with Crippen LogP contribution in [0.4, 0.5) is 0 Å². The van der Waals surface area contributed by atoms with E-state index in [0.717, 1.165) is 11.1 Å². The Morgan fingerprint density at radius 1 is 1.03 bits per heavy atom. The van der Waals surface area contributed by atoms with Crippen molar-refractivity contribution in [2.45, 2.75) is 12.6 Å². The molecule has 3 amide bonds. The molecular weight excluding hydrogens is 410 g/mol. The molecule has 158 valence electrons. The zero-order valence-electron chi connectivity index (χ0n) is 17.4. The summed E-state index contributed by atoms with van der Waals surface area (Å²) in [4.78, 5) is 41.6. The summed E-state index contributed by atoms with van der Waals surface area (Å²) in [5, 5.41) is 7.03. The van der Waals surface area contributed by atoms with Gasteiger partial charge in [0.1, 0.15) is 0 Å². The van der Waals surface area contributed by atoms with Crippen molar-refractivity contribution in [3.63, 3.8) is 0 Å². The number of rotatable bonds is 7. The van der Waals surface area contributed by atoms with Crippen LogP contribution in [0.3, 0.4) is 0 Å². The van der Waals surface area contributed by atoms with E-state index in [0.29, 0.717) is 17.7 Å². The maximum absolute atomic E-state index is 12.9. The summed E-state index contributed by atoms with van der Waals surface area (Å²) in [6.45, 7) is 0.645. The second-order valence-electron chi connectivity index (χ2n) is 7.69. The Labute approximate surface area is 185 Å². The summed E-state index contributed by atoms with van der Waals surface area (Å²) in [7, 11) is 3.94. The molecule has 2 heterocycles. The third kappa shape index (κ3) is 4.28. The average molecular weight is 434 g/mol. The molecule has 31 heavy (non-hydrogen) atoms. The van der Waals surface area contributed by atoms with Crippen LogP contribution in [0, 0.1) is 0 Å². The van der Waals surface area contributed by atoms with Crippen LogP contribution < -0.4 is 5.32 Å². The molecule has 1 unspecified atom stereocenters. The van der Waals surface area contributed by atoms with Gasteiger partial charge in [-0.05, 0) is 60.2 Å². The van der Waals surface area contributed by atoms with Crippen molar-refractivity contribution in [1.82, 2.24) is 15.1 Å². The molecule has 1 N–H and O–H groups in total. The van der Waals surface area contributed by atoms with Crippen LogP contribution in [0.5, 0.6) is 0 Å². The van der Waals surface area contributed by atoms with Gasteiger partial charge in [-0.25, -0.2) is 0 Å². The van der Waals surface area contributed by atoms with E-state index in [1.54, 1.807) is 23.5 Å². The van der Waals surface area contributed by atoms with Crippen LogP contribution in [-0.2, 0) is 6.54 Å². The Morgan fingerprint density at radius 3 is 2.45 bits per heavy atom. The average Bonchev–Trinajstić information content (AvgIpc) is 3.38. The number of nitrogens with zero attached hydrogens (tertiary/aromatic N) is 2. The zero-order valence-corrected chi connectivity index (χ0v) is 18.2. The van der Waals surface area contributed by atoms with Gasteiger partial charge in [-0.15, -0.1) is 0 Å². The Balaban J connectivity index is 1.48. The number of carbonyl (C=O) groups is 3. The highest BCUT2D eigenvalue weighted by Crippen LogP contribution is 2.26. The normalized spacial score (nSPS) is 14.1. The molecule has 7 heteroatoms. The third-order valence-electron chi connectivity index (χ3n) is 5.42. The Kier molecular flexibility index (Phi) is 5.97. The predicted molar refractivity (Wildman–Crippen MR) is 120 cm³/mol. The van der Waals surface area contributed by atoms with Crippen molar-refractivity contribution in [2.75, 3.05) is 20.6 Å². The molecule has 0 aliphatic carbocycles. The van der Waals surface area contributed by atoms with E-state index in [1.807, 2.05) is 55.9 Å². The number of nitrogens with one attached hydrogen (secondary N) is 1. The van der Waals surface area contributed by atoms with Gasteiger partial charge in [0.05, 0.1) is 23.7 Å². The van der Waals surface area contributed by atoms with Gasteiger partial charge >= 0.3 is 0 Å². The molecule has 0 saturated heterocycles. The first-order chi connectivity index (χ1) is 15.0. The topological polar surface area (TPSA) is 69.7 Å². The Morgan fingerprint density at radius 2 is 1.77 bits per heavy atom. The molecule has 1 aromatic heterocycles. The van der Waals surface area contributed by atoms with Crippen LogP contribution in [-0.4, -0.2) is 48.2 Å². The van der Waals surface area contributed by atoms with Gasteiger partial charge in [-0.3, -0.25) is 19.3 Å². The molecule has 0 radical (unpaired) electrons. The minimum Gasteiger partial charge on any atom is -0.350 e. The zero-order chi connectivity index (χ0) is 22.0. The maximum Gasteiger partial charge on any atom is 0.261 e. The van der Waals surface area contributed by atoms with Gasteiger partial charge in [0.25, 0.3) is 17.7 Å². The standard InChI is InChI=1S/C24H23N3O3S/c1-26(2)21(18-10-11-31-15-18)13-25-22(28)17-8-9-19-20(12-17)24(30)27(23(19)29)14-16-6-4-3-5-7-16/h3-12,15,21H,13-14H2,1-2H3,(H,25,28). The number of fused-ring (bicyclic) bond motifs is 1. The molecule has 0 saturated carbocycles. The molecule has 0 spiro atoms. The van der Waals surface area contributed by atoms with E-state index in [-0.39, 0.29) is 35.9 Å². The van der Waals surface area contributed by atoms with Crippen molar-refractivity contribution in [1.29, 1.82) is 0 Å². The lowest BCUT2D eigenvalue weighted by Crippen LogP contribution is -2.34. The number of carbonyl (C=O) groups excluding carboxylic acids is 3. The van der Waals surface area contributed by atoms with Gasteiger partial charge in [0.2, 0.25) is 0 Å². The maximum atomic E-state index is 12.9. The molecule has 1 aliphatic rings. The largest absolute Gasteiger partial charge is 0.350 e. The highest BCUT2D eigenvalue weighted by Gasteiger charge is 2.36. The number of amides is 3. The molecular formula is C24H23N3O3S. The highest BCUT2D eigenvalue weighted by molar-refractivity contribution is 7.08. The summed E-state index contributed by atoms with van der Waals surface area (Å²) < 4.78 is 0. The first-order valence-corrected chi connectivity index (χ1v) is 10.9. The number of likely N-dealkylation sites (N-methyl/N-ethyl adjacent to an activating group) is 1. The fraction of sp³-hybridized carbons (Fsp3) is 0.208. The fourth-order valence-corrected chi connectivity index (χ4v) is 4.40. The van der Waals surface area contributed by atoms with Crippen LogP contribution in [0.25, 0.3) is 0 Å². The Bertz CT molecular complexity index is 1110. The van der Waals surface area contributed by atoms with Crippen LogP contribution in [0.2, 0.25) is 0 Å². The lowest BCUT2D eigenvalue weighted by Gasteiger charge is -2.24. The molecule has 2 aromatic carbocycles. The van der Waals surface area contributed by atoms with Crippen LogP contribution in [0.1, 0.15) is 48.2 Å². The number of hydrogen-bond acceptors (Lipinski definition) is 5. The van der Waals surface area contributed by atoms with E-state index in [9.17, 15) is 14.4 Å². The number of thiophene rings is 1. The van der Waals surface area contributed by atoms with Crippen LogP contribution in [0.15, 0.2) is 65.4 Å². The smallest absolute Gasteiger partial charge is 0.261 e. The monoisotopic (exact) mass is 433 g/mol. The van der Waals surface area contributed by atoms with Gasteiger partial charge < -0.3 is 10.2 Å². The Hall–Kier alpha value is -3.29. The van der Waals surface area contributed by atoms with E-state index < -0.39 is 0 Å². The lowest BCUT2D eigenvalue weighted by atomic mass is 10.0. The SMILES string of the molecule is CN(C)C(CNC(=O)c1ccc2c(c1)C(=O)N(Cc1ccccc1)C2=O)c1ccsc1. The van der Waals surface area contributed by atoms with Gasteiger partial charge in [0, 0.05) is 12.1 Å². The summed E-state index contributed by atoms with van der Waals surface area (Å²) in [6.07, 6.45) is 0. The van der Waals surface area contributed by atoms with Gasteiger partial charge in [0.15, 0.2) is 0 Å². The number of imide groups is 1. The highest BCUT2D eigenvalue weighted by atomic mass is 32.1. The predicted octanol–water partition coefficient (Wildman–Crippen LogP) is 3.58. The van der Waals surface area contributed by atoms with Crippen molar-refractivity contribution in [3.05, 3.63) is 93.2 Å².